The van der Waals surface area contributed by atoms with Gasteiger partial charge in [-0.1, -0.05) is 37.3 Å². The maximum atomic E-state index is 10.8. The van der Waals surface area contributed by atoms with Crippen molar-refractivity contribution in [2.24, 2.45) is 0 Å². The Labute approximate surface area is 87.2 Å². The molecule has 1 N–H and O–H groups in total. The average molecular weight is 213 g/mol. The Morgan fingerprint density at radius 3 is 2.50 bits per heavy atom. The van der Waals surface area contributed by atoms with Crippen molar-refractivity contribution in [3.8, 4) is 0 Å². The van der Waals surface area contributed by atoms with E-state index in [2.05, 4.69) is 0 Å². The van der Waals surface area contributed by atoms with Crippen molar-refractivity contribution in [2.75, 3.05) is 13.1 Å². The Morgan fingerprint density at radius 1 is 1.36 bits per heavy atom. The van der Waals surface area contributed by atoms with E-state index in [4.69, 9.17) is 4.55 Å². The van der Waals surface area contributed by atoms with Crippen LogP contribution in [0.2, 0.25) is 0 Å². The molecule has 0 spiro atoms. The molecule has 0 saturated carbocycles. The van der Waals surface area contributed by atoms with Gasteiger partial charge in [-0.05, 0) is 12.0 Å². The molecule has 0 aliphatic heterocycles. The SMILES string of the molecule is CCN(CCc1ccccc1)S(=O)O. The summed E-state index contributed by atoms with van der Waals surface area (Å²) >= 11 is -1.84. The van der Waals surface area contributed by atoms with E-state index in [0.29, 0.717) is 13.1 Å². The van der Waals surface area contributed by atoms with Crippen LogP contribution >= 0.6 is 0 Å². The van der Waals surface area contributed by atoms with E-state index >= 15 is 0 Å². The molecule has 0 saturated heterocycles. The lowest BCUT2D eigenvalue weighted by Crippen LogP contribution is -2.27. The molecule has 1 aromatic carbocycles. The fourth-order valence-corrected chi connectivity index (χ4v) is 1.71. The predicted octanol–water partition coefficient (Wildman–Crippen LogP) is 1.69. The molecular formula is C10H15NO2S. The fraction of sp³-hybridized carbons (Fsp3) is 0.400. The minimum Gasteiger partial charge on any atom is -0.294 e. The van der Waals surface area contributed by atoms with Gasteiger partial charge in [-0.2, -0.15) is 0 Å². The van der Waals surface area contributed by atoms with Gasteiger partial charge in [-0.3, -0.25) is 4.55 Å². The molecule has 1 atom stereocenters. The van der Waals surface area contributed by atoms with E-state index in [1.54, 1.807) is 0 Å². The van der Waals surface area contributed by atoms with Crippen LogP contribution in [-0.2, 0) is 17.7 Å². The molecule has 0 amide bonds. The summed E-state index contributed by atoms with van der Waals surface area (Å²) in [6.45, 7) is 3.08. The zero-order chi connectivity index (χ0) is 10.4. The van der Waals surface area contributed by atoms with E-state index in [-0.39, 0.29) is 0 Å². The van der Waals surface area contributed by atoms with Gasteiger partial charge in [-0.25, -0.2) is 8.51 Å². The molecule has 0 bridgehead atoms. The normalized spacial score (nSPS) is 13.1. The quantitative estimate of drug-likeness (QED) is 0.756. The zero-order valence-corrected chi connectivity index (χ0v) is 9.04. The van der Waals surface area contributed by atoms with Crippen LogP contribution in [0.15, 0.2) is 30.3 Å². The van der Waals surface area contributed by atoms with Crippen LogP contribution in [0.1, 0.15) is 12.5 Å². The molecule has 0 heterocycles. The molecule has 78 valence electrons. The number of benzene rings is 1. The maximum absolute atomic E-state index is 10.8. The number of likely N-dealkylation sites (N-methyl/N-ethyl adjacent to an activating group) is 1. The third kappa shape index (κ3) is 3.57. The lowest BCUT2D eigenvalue weighted by atomic mass is 10.1. The van der Waals surface area contributed by atoms with Crippen LogP contribution in [0, 0.1) is 0 Å². The highest BCUT2D eigenvalue weighted by Crippen LogP contribution is 2.02. The van der Waals surface area contributed by atoms with Crippen LogP contribution in [0.3, 0.4) is 0 Å². The minimum atomic E-state index is -1.84. The second-order valence-corrected chi connectivity index (χ2v) is 3.97. The third-order valence-electron chi connectivity index (χ3n) is 2.07. The number of hydrogen-bond donors (Lipinski definition) is 1. The highest BCUT2D eigenvalue weighted by atomic mass is 32.2. The first-order valence-electron chi connectivity index (χ1n) is 4.64. The molecule has 3 nitrogen and oxygen atoms in total. The third-order valence-corrected chi connectivity index (χ3v) is 2.95. The van der Waals surface area contributed by atoms with Crippen LogP contribution in [-0.4, -0.2) is 26.2 Å². The lowest BCUT2D eigenvalue weighted by molar-refractivity contribution is 0.414. The molecule has 4 heteroatoms. The monoisotopic (exact) mass is 213 g/mol. The smallest absolute Gasteiger partial charge is 0.234 e. The first kappa shape index (κ1) is 11.4. The van der Waals surface area contributed by atoms with Crippen LogP contribution in [0.5, 0.6) is 0 Å². The molecule has 0 aromatic heterocycles. The van der Waals surface area contributed by atoms with Crippen LogP contribution in [0.4, 0.5) is 0 Å². The summed E-state index contributed by atoms with van der Waals surface area (Å²) in [5.74, 6) is 0. The highest BCUT2D eigenvalue weighted by Gasteiger charge is 2.07. The van der Waals surface area contributed by atoms with Crippen LogP contribution < -0.4 is 0 Å². The van der Waals surface area contributed by atoms with Gasteiger partial charge < -0.3 is 0 Å². The maximum Gasteiger partial charge on any atom is 0.234 e. The van der Waals surface area contributed by atoms with Crippen molar-refractivity contribution in [3.05, 3.63) is 35.9 Å². The lowest BCUT2D eigenvalue weighted by Gasteiger charge is -2.14. The molecule has 1 unspecified atom stereocenters. The number of rotatable bonds is 5. The Balaban J connectivity index is 2.44. The standard InChI is InChI=1S/C10H15NO2S/c1-2-11(14(12)13)9-8-10-6-4-3-5-7-10/h3-7H,2,8-9H2,1H3,(H,12,13). The van der Waals surface area contributed by atoms with Crippen molar-refractivity contribution in [1.82, 2.24) is 4.31 Å². The average Bonchev–Trinajstić information content (AvgIpc) is 2.20. The van der Waals surface area contributed by atoms with Crippen molar-refractivity contribution in [1.29, 1.82) is 0 Å². The molecule has 14 heavy (non-hydrogen) atoms. The zero-order valence-electron chi connectivity index (χ0n) is 8.22. The molecular weight excluding hydrogens is 198 g/mol. The first-order valence-corrected chi connectivity index (χ1v) is 5.70. The summed E-state index contributed by atoms with van der Waals surface area (Å²) in [5.41, 5.74) is 1.19. The summed E-state index contributed by atoms with van der Waals surface area (Å²) < 4.78 is 21.2. The van der Waals surface area contributed by atoms with Gasteiger partial charge in [0.15, 0.2) is 0 Å². The van der Waals surface area contributed by atoms with Gasteiger partial charge in [0.2, 0.25) is 11.3 Å². The predicted molar refractivity (Wildman–Crippen MR) is 58.2 cm³/mol. The highest BCUT2D eigenvalue weighted by molar-refractivity contribution is 7.76. The summed E-state index contributed by atoms with van der Waals surface area (Å²) in [6.07, 6.45) is 0.807. The molecule has 1 aromatic rings. The largest absolute Gasteiger partial charge is 0.294 e. The fourth-order valence-electron chi connectivity index (χ4n) is 1.25. The summed E-state index contributed by atoms with van der Waals surface area (Å²) in [4.78, 5) is 0. The van der Waals surface area contributed by atoms with Crippen molar-refractivity contribution in [3.63, 3.8) is 0 Å². The van der Waals surface area contributed by atoms with Crippen molar-refractivity contribution < 1.29 is 8.76 Å². The molecule has 0 aliphatic carbocycles. The van der Waals surface area contributed by atoms with Gasteiger partial charge >= 0.3 is 0 Å². The van der Waals surface area contributed by atoms with E-state index < -0.39 is 11.3 Å². The molecule has 0 fully saturated rings. The van der Waals surface area contributed by atoms with E-state index in [0.717, 1.165) is 6.42 Å². The summed E-state index contributed by atoms with van der Waals surface area (Å²) in [7, 11) is 0. The van der Waals surface area contributed by atoms with Gasteiger partial charge in [0.1, 0.15) is 0 Å². The minimum absolute atomic E-state index is 0.593. The number of nitrogens with zero attached hydrogens (tertiary/aromatic N) is 1. The Bertz CT molecular complexity index is 289. The van der Waals surface area contributed by atoms with Gasteiger partial charge in [0.25, 0.3) is 0 Å². The first-order chi connectivity index (χ1) is 6.74. The number of hydrogen-bond acceptors (Lipinski definition) is 1. The van der Waals surface area contributed by atoms with Crippen LogP contribution in [0.25, 0.3) is 0 Å². The van der Waals surface area contributed by atoms with Gasteiger partial charge in [0, 0.05) is 13.1 Å². The summed E-state index contributed by atoms with van der Waals surface area (Å²) in [6, 6.07) is 9.95. The Kier molecular flexibility index (Phi) is 4.79. The van der Waals surface area contributed by atoms with Crippen molar-refractivity contribution >= 4 is 11.3 Å². The molecule has 0 radical (unpaired) electrons. The topological polar surface area (TPSA) is 40.5 Å². The van der Waals surface area contributed by atoms with E-state index in [1.807, 2.05) is 37.3 Å². The molecule has 0 aliphatic rings. The molecule has 1 rings (SSSR count). The van der Waals surface area contributed by atoms with Gasteiger partial charge in [0.05, 0.1) is 0 Å². The van der Waals surface area contributed by atoms with E-state index in [9.17, 15) is 4.21 Å². The Hall–Kier alpha value is -0.710. The Morgan fingerprint density at radius 2 is 2.00 bits per heavy atom. The summed E-state index contributed by atoms with van der Waals surface area (Å²) in [5, 5.41) is 0. The second kappa shape index (κ2) is 5.90. The second-order valence-electron chi connectivity index (χ2n) is 2.99. The van der Waals surface area contributed by atoms with E-state index in [1.165, 1.54) is 9.87 Å². The van der Waals surface area contributed by atoms with Crippen molar-refractivity contribution in [2.45, 2.75) is 13.3 Å². The van der Waals surface area contributed by atoms with Gasteiger partial charge in [-0.15, -0.1) is 0 Å².